The van der Waals surface area contributed by atoms with E-state index >= 15 is 0 Å². The van der Waals surface area contributed by atoms with Crippen molar-refractivity contribution in [3.05, 3.63) is 5.82 Å². The summed E-state index contributed by atoms with van der Waals surface area (Å²) in [5.74, 6) is 0.791. The third-order valence-electron chi connectivity index (χ3n) is 2.76. The van der Waals surface area contributed by atoms with Gasteiger partial charge in [0, 0.05) is 13.0 Å². The molecule has 1 aromatic heterocycles. The average Bonchev–Trinajstić information content (AvgIpc) is 2.78. The second kappa shape index (κ2) is 8.06. The van der Waals surface area contributed by atoms with Gasteiger partial charge in [-0.15, -0.1) is 0 Å². The zero-order chi connectivity index (χ0) is 12.5. The number of nitrogens with one attached hydrogen (secondary N) is 1. The fraction of sp³-hybridized carbons (Fsp3) is 0.833. The summed E-state index contributed by atoms with van der Waals surface area (Å²) in [4.78, 5) is 6.66. The third kappa shape index (κ3) is 5.17. The molecule has 0 saturated carbocycles. The van der Waals surface area contributed by atoms with E-state index in [2.05, 4.69) is 41.1 Å². The van der Waals surface area contributed by atoms with E-state index in [-0.39, 0.29) is 0 Å². The van der Waals surface area contributed by atoms with Crippen molar-refractivity contribution in [3.63, 3.8) is 0 Å². The minimum Gasteiger partial charge on any atom is -0.338 e. The molecule has 0 fully saturated rings. The maximum Gasteiger partial charge on any atom is 0.321 e. The van der Waals surface area contributed by atoms with Gasteiger partial charge in [0.2, 0.25) is 0 Å². The Morgan fingerprint density at radius 1 is 1.24 bits per heavy atom. The molecule has 98 valence electrons. The topological polar surface area (TPSA) is 54.2 Å². The maximum absolute atomic E-state index is 5.09. The smallest absolute Gasteiger partial charge is 0.321 e. The van der Waals surface area contributed by atoms with Crippen molar-refractivity contribution in [1.82, 2.24) is 15.0 Å². The highest BCUT2D eigenvalue weighted by atomic mass is 16.5. The number of aryl methyl sites for hydroxylation is 1. The molecule has 0 bridgehead atoms. The van der Waals surface area contributed by atoms with Gasteiger partial charge < -0.3 is 14.7 Å². The predicted molar refractivity (Wildman–Crippen MR) is 69.2 cm³/mol. The number of aromatic nitrogens is 2. The van der Waals surface area contributed by atoms with Crippen molar-refractivity contribution < 1.29 is 4.52 Å². The van der Waals surface area contributed by atoms with Crippen LogP contribution in [0.2, 0.25) is 0 Å². The summed E-state index contributed by atoms with van der Waals surface area (Å²) in [7, 11) is 0. The standard InChI is InChI=1S/C12H24N4O/c1-4-8-11-14-12(17-15-11)13-9-7-10-16(5-2)6-3/h4-10H2,1-3H3,(H,13,14,15). The van der Waals surface area contributed by atoms with E-state index in [0.717, 1.165) is 51.3 Å². The molecule has 1 N–H and O–H groups in total. The Hall–Kier alpha value is -1.10. The number of nitrogens with zero attached hydrogens (tertiary/aromatic N) is 3. The van der Waals surface area contributed by atoms with Crippen LogP contribution in [-0.2, 0) is 6.42 Å². The molecule has 0 aliphatic rings. The highest BCUT2D eigenvalue weighted by molar-refractivity contribution is 5.17. The van der Waals surface area contributed by atoms with Crippen molar-refractivity contribution >= 4 is 6.01 Å². The molecule has 0 aliphatic heterocycles. The Balaban J connectivity index is 2.17. The second-order valence-electron chi connectivity index (χ2n) is 4.07. The number of rotatable bonds is 9. The van der Waals surface area contributed by atoms with Gasteiger partial charge in [-0.3, -0.25) is 0 Å². The van der Waals surface area contributed by atoms with Gasteiger partial charge in [0.25, 0.3) is 0 Å². The molecule has 0 unspecified atom stereocenters. The van der Waals surface area contributed by atoms with Crippen LogP contribution in [0.25, 0.3) is 0 Å². The van der Waals surface area contributed by atoms with E-state index in [9.17, 15) is 0 Å². The van der Waals surface area contributed by atoms with E-state index in [1.165, 1.54) is 0 Å². The van der Waals surface area contributed by atoms with Crippen LogP contribution in [0.1, 0.15) is 39.4 Å². The summed E-state index contributed by atoms with van der Waals surface area (Å²) in [5, 5.41) is 7.05. The van der Waals surface area contributed by atoms with Crippen molar-refractivity contribution in [2.75, 3.05) is 31.5 Å². The molecule has 0 aliphatic carbocycles. The Bertz CT molecular complexity index is 296. The minimum atomic E-state index is 0.549. The van der Waals surface area contributed by atoms with Crippen LogP contribution in [0.5, 0.6) is 0 Å². The maximum atomic E-state index is 5.09. The highest BCUT2D eigenvalue weighted by Crippen LogP contribution is 2.05. The monoisotopic (exact) mass is 240 g/mol. The lowest BCUT2D eigenvalue weighted by molar-refractivity contribution is 0.302. The summed E-state index contributed by atoms with van der Waals surface area (Å²) in [6.07, 6.45) is 3.01. The van der Waals surface area contributed by atoms with Crippen LogP contribution in [0.3, 0.4) is 0 Å². The first kappa shape index (κ1) is 14.0. The molecule has 0 radical (unpaired) electrons. The lowest BCUT2D eigenvalue weighted by Crippen LogP contribution is -2.25. The SMILES string of the molecule is CCCc1noc(NCCCN(CC)CC)n1. The normalized spacial score (nSPS) is 11.1. The molecule has 0 atom stereocenters. The van der Waals surface area contributed by atoms with Gasteiger partial charge in [-0.05, 0) is 32.5 Å². The zero-order valence-corrected chi connectivity index (χ0v) is 11.2. The van der Waals surface area contributed by atoms with E-state index in [4.69, 9.17) is 4.52 Å². The fourth-order valence-corrected chi connectivity index (χ4v) is 1.69. The third-order valence-corrected chi connectivity index (χ3v) is 2.76. The zero-order valence-electron chi connectivity index (χ0n) is 11.2. The lowest BCUT2D eigenvalue weighted by Gasteiger charge is -2.17. The van der Waals surface area contributed by atoms with Gasteiger partial charge in [0.1, 0.15) is 0 Å². The molecule has 5 heteroatoms. The van der Waals surface area contributed by atoms with Gasteiger partial charge in [-0.2, -0.15) is 4.98 Å². The summed E-state index contributed by atoms with van der Waals surface area (Å²) in [6, 6.07) is 0.549. The van der Waals surface area contributed by atoms with Crippen LogP contribution in [0.15, 0.2) is 4.52 Å². The Morgan fingerprint density at radius 2 is 2.00 bits per heavy atom. The molecule has 1 aromatic rings. The van der Waals surface area contributed by atoms with Gasteiger partial charge in [0.15, 0.2) is 5.82 Å². The molecular weight excluding hydrogens is 216 g/mol. The minimum absolute atomic E-state index is 0.549. The molecule has 0 saturated heterocycles. The largest absolute Gasteiger partial charge is 0.338 e. The van der Waals surface area contributed by atoms with Crippen molar-refractivity contribution in [3.8, 4) is 0 Å². The molecule has 17 heavy (non-hydrogen) atoms. The number of hydrogen-bond donors (Lipinski definition) is 1. The molecule has 0 spiro atoms. The first-order chi connectivity index (χ1) is 8.30. The second-order valence-corrected chi connectivity index (χ2v) is 4.07. The molecule has 0 aromatic carbocycles. The summed E-state index contributed by atoms with van der Waals surface area (Å²) in [6.45, 7) is 10.7. The fourth-order valence-electron chi connectivity index (χ4n) is 1.69. The van der Waals surface area contributed by atoms with Crippen LogP contribution < -0.4 is 5.32 Å². The van der Waals surface area contributed by atoms with E-state index < -0.39 is 0 Å². The molecular formula is C12H24N4O. The van der Waals surface area contributed by atoms with Crippen LogP contribution in [0.4, 0.5) is 6.01 Å². The van der Waals surface area contributed by atoms with Gasteiger partial charge in [0.05, 0.1) is 0 Å². The van der Waals surface area contributed by atoms with Crippen LogP contribution in [0, 0.1) is 0 Å². The van der Waals surface area contributed by atoms with Gasteiger partial charge in [-0.25, -0.2) is 0 Å². The Kier molecular flexibility index (Phi) is 6.62. The molecule has 0 amide bonds. The Labute approximate surface area is 104 Å². The first-order valence-electron chi connectivity index (χ1n) is 6.58. The van der Waals surface area contributed by atoms with Crippen LogP contribution in [-0.4, -0.2) is 41.2 Å². The predicted octanol–water partition coefficient (Wildman–Crippen LogP) is 2.17. The lowest BCUT2D eigenvalue weighted by atomic mass is 10.3. The summed E-state index contributed by atoms with van der Waals surface area (Å²) in [5.41, 5.74) is 0. The van der Waals surface area contributed by atoms with Gasteiger partial charge >= 0.3 is 6.01 Å². The summed E-state index contributed by atoms with van der Waals surface area (Å²) >= 11 is 0. The van der Waals surface area contributed by atoms with E-state index in [1.54, 1.807) is 0 Å². The van der Waals surface area contributed by atoms with E-state index in [0.29, 0.717) is 6.01 Å². The molecule has 1 rings (SSSR count). The first-order valence-corrected chi connectivity index (χ1v) is 6.58. The summed E-state index contributed by atoms with van der Waals surface area (Å²) < 4.78 is 5.09. The van der Waals surface area contributed by atoms with Gasteiger partial charge in [-0.1, -0.05) is 25.9 Å². The van der Waals surface area contributed by atoms with Crippen molar-refractivity contribution in [1.29, 1.82) is 0 Å². The Morgan fingerprint density at radius 3 is 2.65 bits per heavy atom. The average molecular weight is 240 g/mol. The number of anilines is 1. The number of hydrogen-bond acceptors (Lipinski definition) is 5. The van der Waals surface area contributed by atoms with E-state index in [1.807, 2.05) is 0 Å². The highest BCUT2D eigenvalue weighted by Gasteiger charge is 2.04. The molecule has 1 heterocycles. The van der Waals surface area contributed by atoms with Crippen molar-refractivity contribution in [2.45, 2.75) is 40.0 Å². The van der Waals surface area contributed by atoms with Crippen LogP contribution >= 0.6 is 0 Å². The molecule has 5 nitrogen and oxygen atoms in total. The quantitative estimate of drug-likeness (QED) is 0.670. The van der Waals surface area contributed by atoms with Crippen molar-refractivity contribution in [2.24, 2.45) is 0 Å².